The normalized spacial score (nSPS) is 14.2. The summed E-state index contributed by atoms with van der Waals surface area (Å²) >= 11 is 0. The second kappa shape index (κ2) is 19.0. The largest absolute Gasteiger partial charge is 1.00 e. The molecular weight excluding hydrogens is 415 g/mol. The van der Waals surface area contributed by atoms with Crippen LogP contribution in [0.5, 0.6) is 0 Å². The van der Waals surface area contributed by atoms with Crippen molar-refractivity contribution in [2.45, 2.75) is 123 Å². The van der Waals surface area contributed by atoms with E-state index in [1.807, 2.05) is 0 Å². The standard InChI is InChI=1S/C25H56N2O.2ClH/c1-10-12-13-14-15-16-17-18-19-20-21-22-24(11-2)28-23(3)25(26(4,5)6)27(7,8)9;;/h23-25H,10-22H2,1-9H3;2*1H/q+2;;/p-2. The van der Waals surface area contributed by atoms with Gasteiger partial charge < -0.3 is 29.6 Å². The van der Waals surface area contributed by atoms with Gasteiger partial charge in [-0.3, -0.25) is 8.97 Å². The maximum absolute atomic E-state index is 6.58. The Balaban J connectivity index is -0.00000364. The minimum atomic E-state index is 0. The first-order chi connectivity index (χ1) is 13.0. The molecule has 0 rings (SSSR count). The average molecular weight is 472 g/mol. The van der Waals surface area contributed by atoms with Gasteiger partial charge in [0.2, 0.25) is 6.17 Å². The van der Waals surface area contributed by atoms with E-state index in [1.165, 1.54) is 77.0 Å². The van der Waals surface area contributed by atoms with Crippen LogP contribution in [0.25, 0.3) is 0 Å². The Morgan fingerprint density at radius 1 is 0.600 bits per heavy atom. The predicted molar refractivity (Wildman–Crippen MR) is 126 cm³/mol. The molecule has 30 heavy (non-hydrogen) atoms. The first kappa shape index (κ1) is 35.1. The zero-order chi connectivity index (χ0) is 21.6. The first-order valence-corrected chi connectivity index (χ1v) is 12.3. The van der Waals surface area contributed by atoms with Crippen molar-refractivity contribution in [3.05, 3.63) is 0 Å². The SMILES string of the molecule is CCCCCCCCCCCCCC(CC)OC(C)C([N+](C)(C)C)[N+](C)(C)C.[Cl-].[Cl-]. The molecule has 3 nitrogen and oxygen atoms in total. The van der Waals surface area contributed by atoms with E-state index in [2.05, 4.69) is 63.1 Å². The highest BCUT2D eigenvalue weighted by atomic mass is 35.5. The molecule has 0 N–H and O–H groups in total. The van der Waals surface area contributed by atoms with Gasteiger partial charge in [-0.25, -0.2) is 0 Å². The van der Waals surface area contributed by atoms with Gasteiger partial charge in [-0.2, -0.15) is 0 Å². The van der Waals surface area contributed by atoms with Crippen LogP contribution in [0.4, 0.5) is 0 Å². The molecule has 0 aliphatic heterocycles. The van der Waals surface area contributed by atoms with Crippen LogP contribution in [0.2, 0.25) is 0 Å². The third-order valence-corrected chi connectivity index (χ3v) is 6.00. The molecule has 0 aliphatic carbocycles. The molecular formula is C25H56Cl2N2O. The van der Waals surface area contributed by atoms with E-state index in [-0.39, 0.29) is 30.9 Å². The number of hydrogen-bond donors (Lipinski definition) is 0. The van der Waals surface area contributed by atoms with Crippen molar-refractivity contribution in [1.82, 2.24) is 0 Å². The molecule has 0 saturated carbocycles. The smallest absolute Gasteiger partial charge is 0.241 e. The minimum absolute atomic E-state index is 0. The van der Waals surface area contributed by atoms with Gasteiger partial charge in [0, 0.05) is 0 Å². The highest BCUT2D eigenvalue weighted by Gasteiger charge is 2.42. The minimum Gasteiger partial charge on any atom is -1.00 e. The van der Waals surface area contributed by atoms with Crippen molar-refractivity contribution in [3.8, 4) is 0 Å². The summed E-state index contributed by atoms with van der Waals surface area (Å²) in [7, 11) is 13.7. The monoisotopic (exact) mass is 470 g/mol. The molecule has 0 radical (unpaired) electrons. The quantitative estimate of drug-likeness (QED) is 0.162. The van der Waals surface area contributed by atoms with Crippen LogP contribution >= 0.6 is 0 Å². The van der Waals surface area contributed by atoms with E-state index in [9.17, 15) is 0 Å². The van der Waals surface area contributed by atoms with Crippen LogP contribution in [-0.2, 0) is 4.74 Å². The fourth-order valence-corrected chi connectivity index (χ4v) is 5.08. The number of hydrogen-bond acceptors (Lipinski definition) is 1. The Morgan fingerprint density at radius 3 is 1.30 bits per heavy atom. The molecule has 0 aromatic rings. The van der Waals surface area contributed by atoms with E-state index in [4.69, 9.17) is 4.74 Å². The third kappa shape index (κ3) is 17.1. The highest BCUT2D eigenvalue weighted by molar-refractivity contribution is 4.63. The van der Waals surface area contributed by atoms with Crippen LogP contribution in [0.15, 0.2) is 0 Å². The van der Waals surface area contributed by atoms with Crippen LogP contribution < -0.4 is 24.8 Å². The Kier molecular flexibility index (Phi) is 22.2. The maximum atomic E-state index is 6.58. The van der Waals surface area contributed by atoms with Crippen molar-refractivity contribution in [1.29, 1.82) is 0 Å². The number of ether oxygens (including phenoxy) is 1. The molecule has 0 aromatic carbocycles. The molecule has 2 unspecified atom stereocenters. The van der Waals surface area contributed by atoms with Crippen LogP contribution in [0, 0.1) is 0 Å². The summed E-state index contributed by atoms with van der Waals surface area (Å²) in [6, 6.07) is 0. The lowest BCUT2D eigenvalue weighted by molar-refractivity contribution is -1.09. The van der Waals surface area contributed by atoms with Crippen molar-refractivity contribution < 1.29 is 38.5 Å². The number of likely N-dealkylation sites (N-methyl/N-ethyl adjacent to an activating group) is 2. The van der Waals surface area contributed by atoms with Gasteiger partial charge in [-0.15, -0.1) is 0 Å². The van der Waals surface area contributed by atoms with Crippen molar-refractivity contribution in [2.24, 2.45) is 0 Å². The third-order valence-electron chi connectivity index (χ3n) is 6.00. The first-order valence-electron chi connectivity index (χ1n) is 12.3. The molecule has 186 valence electrons. The number of halogens is 2. The Hall–Kier alpha value is 0.460. The van der Waals surface area contributed by atoms with Gasteiger partial charge in [-0.1, -0.05) is 84.5 Å². The van der Waals surface area contributed by atoms with E-state index in [0.29, 0.717) is 12.3 Å². The summed E-state index contributed by atoms with van der Waals surface area (Å²) in [4.78, 5) is 0. The summed E-state index contributed by atoms with van der Waals surface area (Å²) in [6.45, 7) is 6.85. The number of unbranched alkanes of at least 4 members (excludes halogenated alkanes) is 10. The van der Waals surface area contributed by atoms with Gasteiger partial charge in [0.1, 0.15) is 0 Å². The number of rotatable bonds is 18. The maximum Gasteiger partial charge on any atom is 0.241 e. The fraction of sp³-hybridized carbons (Fsp3) is 1.00. The molecule has 0 spiro atoms. The summed E-state index contributed by atoms with van der Waals surface area (Å²) in [5.74, 6) is 0. The molecule has 2 atom stereocenters. The van der Waals surface area contributed by atoms with Gasteiger partial charge in [0.25, 0.3) is 0 Å². The van der Waals surface area contributed by atoms with E-state index < -0.39 is 0 Å². The van der Waals surface area contributed by atoms with Gasteiger partial charge in [0.15, 0.2) is 6.10 Å². The van der Waals surface area contributed by atoms with Crippen LogP contribution in [0.3, 0.4) is 0 Å². The van der Waals surface area contributed by atoms with Gasteiger partial charge in [0.05, 0.1) is 48.4 Å². The topological polar surface area (TPSA) is 9.23 Å². The molecule has 0 heterocycles. The fourth-order valence-electron chi connectivity index (χ4n) is 5.08. The van der Waals surface area contributed by atoms with E-state index >= 15 is 0 Å². The Labute approximate surface area is 203 Å². The van der Waals surface area contributed by atoms with E-state index in [1.54, 1.807) is 0 Å². The summed E-state index contributed by atoms with van der Waals surface area (Å²) in [5, 5.41) is 0. The average Bonchev–Trinajstić information content (AvgIpc) is 2.55. The van der Waals surface area contributed by atoms with Gasteiger partial charge in [-0.05, 0) is 19.8 Å². The molecule has 0 bridgehead atoms. The van der Waals surface area contributed by atoms with Crippen molar-refractivity contribution in [3.63, 3.8) is 0 Å². The van der Waals surface area contributed by atoms with Crippen molar-refractivity contribution in [2.75, 3.05) is 42.3 Å². The molecule has 0 saturated heterocycles. The molecule has 0 aromatic heterocycles. The van der Waals surface area contributed by atoms with E-state index in [0.717, 1.165) is 15.4 Å². The molecule has 0 aliphatic rings. The summed E-state index contributed by atoms with van der Waals surface area (Å²) in [6.07, 6.45) is 19.0. The lowest BCUT2D eigenvalue weighted by Gasteiger charge is -2.45. The summed E-state index contributed by atoms with van der Waals surface area (Å²) < 4.78 is 8.44. The number of nitrogens with zero attached hydrogens (tertiary/aromatic N) is 2. The Morgan fingerprint density at radius 2 is 0.967 bits per heavy atom. The lowest BCUT2D eigenvalue weighted by Crippen LogP contribution is -3.00. The van der Waals surface area contributed by atoms with Crippen molar-refractivity contribution >= 4 is 0 Å². The zero-order valence-electron chi connectivity index (χ0n) is 22.0. The number of quaternary nitrogens is 2. The van der Waals surface area contributed by atoms with Crippen LogP contribution in [0.1, 0.15) is 104 Å². The summed E-state index contributed by atoms with van der Waals surface area (Å²) in [5.41, 5.74) is 0. The molecule has 5 heteroatoms. The zero-order valence-corrected chi connectivity index (χ0v) is 23.5. The molecule has 0 fully saturated rings. The second-order valence-electron chi connectivity index (χ2n) is 10.8. The second-order valence-corrected chi connectivity index (χ2v) is 10.8. The van der Waals surface area contributed by atoms with Gasteiger partial charge >= 0.3 is 0 Å². The lowest BCUT2D eigenvalue weighted by atomic mass is 10.0. The Bertz CT molecular complexity index is 353. The predicted octanol–water partition coefficient (Wildman–Crippen LogP) is 0.618. The van der Waals surface area contributed by atoms with Crippen LogP contribution in [-0.4, -0.2) is 69.6 Å². The highest BCUT2D eigenvalue weighted by Crippen LogP contribution is 2.22. The molecule has 0 amide bonds.